The van der Waals surface area contributed by atoms with Gasteiger partial charge in [0.1, 0.15) is 0 Å². The minimum absolute atomic E-state index is 0.00963. The third-order valence-corrected chi connectivity index (χ3v) is 7.15. The number of nitro benzene ring substituents is 1. The van der Waals surface area contributed by atoms with Gasteiger partial charge in [0, 0.05) is 49.9 Å². The van der Waals surface area contributed by atoms with Gasteiger partial charge in [-0.05, 0) is 55.2 Å². The van der Waals surface area contributed by atoms with E-state index in [1.165, 1.54) is 29.3 Å². The lowest BCUT2D eigenvalue weighted by atomic mass is 9.89. The van der Waals surface area contributed by atoms with Crippen molar-refractivity contribution in [2.45, 2.75) is 38.8 Å². The summed E-state index contributed by atoms with van der Waals surface area (Å²) in [6.45, 7) is 4.18. The molecule has 0 spiro atoms. The van der Waals surface area contributed by atoms with Crippen molar-refractivity contribution in [2.24, 2.45) is 0 Å². The molecule has 0 N–H and O–H groups in total. The average molecular weight is 497 g/mol. The van der Waals surface area contributed by atoms with E-state index in [1.54, 1.807) is 23.1 Å². The van der Waals surface area contributed by atoms with Crippen LogP contribution in [0.3, 0.4) is 0 Å². The second kappa shape index (κ2) is 10.3. The van der Waals surface area contributed by atoms with Gasteiger partial charge >= 0.3 is 0 Å². The van der Waals surface area contributed by atoms with E-state index < -0.39 is 4.92 Å². The Morgan fingerprint density at radius 1 is 0.946 bits per heavy atom. The highest BCUT2D eigenvalue weighted by Gasteiger charge is 2.31. The largest absolute Gasteiger partial charge is 0.339 e. The number of fused-ring (bicyclic) bond motifs is 1. The number of aryl methyl sites for hydroxylation is 1. The quantitative estimate of drug-likeness (QED) is 0.285. The molecule has 0 unspecified atom stereocenters. The van der Waals surface area contributed by atoms with Gasteiger partial charge in [0.25, 0.3) is 11.6 Å². The van der Waals surface area contributed by atoms with Gasteiger partial charge in [-0.15, -0.1) is 0 Å². The number of carbonyl (C=O) groups is 2. The summed E-state index contributed by atoms with van der Waals surface area (Å²) in [5, 5.41) is 11.2. The summed E-state index contributed by atoms with van der Waals surface area (Å²) in [5.41, 5.74) is 5.03. The van der Waals surface area contributed by atoms with Crippen LogP contribution in [0, 0.1) is 17.0 Å². The number of benzene rings is 2. The third-order valence-electron chi connectivity index (χ3n) is 7.15. The molecule has 3 aromatic rings. The van der Waals surface area contributed by atoms with Crippen molar-refractivity contribution in [3.8, 4) is 0 Å². The number of pyridine rings is 1. The molecule has 0 bridgehead atoms. The first kappa shape index (κ1) is 24.4. The predicted molar refractivity (Wildman–Crippen MR) is 140 cm³/mol. The molecule has 0 saturated carbocycles. The Morgan fingerprint density at radius 2 is 1.59 bits per heavy atom. The standard InChI is InChI=1S/C29H28N4O4/c1-20-10-12-25(29(35)32-18-23-7-2-3-8-24(23)19-32)28(30-20)22-14-16-31(17-15-22)27(34)13-11-21-6-4-5-9-26(21)33(36)37/h2-13,22H,14-19H2,1H3. The molecular weight excluding hydrogens is 468 g/mol. The highest BCUT2D eigenvalue weighted by molar-refractivity contribution is 5.96. The average Bonchev–Trinajstić information content (AvgIpc) is 3.36. The van der Waals surface area contributed by atoms with Gasteiger partial charge in [-0.3, -0.25) is 24.7 Å². The Kier molecular flexibility index (Phi) is 6.81. The number of para-hydroxylation sites is 1. The van der Waals surface area contributed by atoms with Crippen molar-refractivity contribution in [3.63, 3.8) is 0 Å². The van der Waals surface area contributed by atoms with Crippen LogP contribution in [0.2, 0.25) is 0 Å². The van der Waals surface area contributed by atoms with Crippen LogP contribution in [0.15, 0.2) is 66.7 Å². The van der Waals surface area contributed by atoms with E-state index in [0.717, 1.165) is 11.4 Å². The molecule has 3 heterocycles. The lowest BCUT2D eigenvalue weighted by molar-refractivity contribution is -0.385. The van der Waals surface area contributed by atoms with Gasteiger partial charge in [0.15, 0.2) is 0 Å². The summed E-state index contributed by atoms with van der Waals surface area (Å²) < 4.78 is 0. The molecule has 8 heteroatoms. The Balaban J connectivity index is 1.27. The maximum atomic E-state index is 13.5. The highest BCUT2D eigenvalue weighted by atomic mass is 16.6. The first-order chi connectivity index (χ1) is 17.9. The lowest BCUT2D eigenvalue weighted by Gasteiger charge is -2.32. The summed E-state index contributed by atoms with van der Waals surface area (Å²) in [7, 11) is 0. The zero-order valence-electron chi connectivity index (χ0n) is 20.7. The molecule has 5 rings (SSSR count). The number of carbonyl (C=O) groups excluding carboxylic acids is 2. The number of nitrogens with zero attached hydrogens (tertiary/aromatic N) is 4. The van der Waals surface area contributed by atoms with Crippen molar-refractivity contribution < 1.29 is 14.5 Å². The lowest BCUT2D eigenvalue weighted by Crippen LogP contribution is -2.37. The number of nitro groups is 1. The van der Waals surface area contributed by atoms with Crippen LogP contribution in [-0.2, 0) is 17.9 Å². The Morgan fingerprint density at radius 3 is 2.27 bits per heavy atom. The monoisotopic (exact) mass is 496 g/mol. The smallest absolute Gasteiger partial charge is 0.276 e. The Labute approximate surface area is 215 Å². The van der Waals surface area contributed by atoms with E-state index in [9.17, 15) is 19.7 Å². The number of likely N-dealkylation sites (tertiary alicyclic amines) is 1. The fourth-order valence-electron chi connectivity index (χ4n) is 5.15. The first-order valence-corrected chi connectivity index (χ1v) is 12.4. The topological polar surface area (TPSA) is 96.7 Å². The van der Waals surface area contributed by atoms with Crippen molar-refractivity contribution in [3.05, 3.63) is 110 Å². The summed E-state index contributed by atoms with van der Waals surface area (Å²) >= 11 is 0. The zero-order chi connectivity index (χ0) is 25.9. The number of rotatable bonds is 5. The molecule has 1 saturated heterocycles. The fourth-order valence-corrected chi connectivity index (χ4v) is 5.15. The minimum Gasteiger partial charge on any atom is -0.339 e. The van der Waals surface area contributed by atoms with Crippen molar-refractivity contribution >= 4 is 23.6 Å². The van der Waals surface area contributed by atoms with E-state index in [2.05, 4.69) is 12.1 Å². The van der Waals surface area contributed by atoms with Gasteiger partial charge in [-0.1, -0.05) is 36.4 Å². The zero-order valence-corrected chi connectivity index (χ0v) is 20.7. The van der Waals surface area contributed by atoms with Crippen molar-refractivity contribution in [1.82, 2.24) is 14.8 Å². The van der Waals surface area contributed by atoms with Crippen LogP contribution in [0.25, 0.3) is 6.08 Å². The SMILES string of the molecule is Cc1ccc(C(=O)N2Cc3ccccc3C2)c(C2CCN(C(=O)C=Cc3ccccc3[N+](=O)[O-])CC2)n1. The molecule has 2 amide bonds. The molecule has 8 nitrogen and oxygen atoms in total. The Hall–Kier alpha value is -4.33. The molecule has 0 aliphatic carbocycles. The molecule has 188 valence electrons. The normalized spacial score (nSPS) is 15.7. The second-order valence-electron chi connectivity index (χ2n) is 9.56. The number of aromatic nitrogens is 1. The van der Waals surface area contributed by atoms with Crippen molar-refractivity contribution in [2.75, 3.05) is 13.1 Å². The van der Waals surface area contributed by atoms with Gasteiger partial charge in [-0.2, -0.15) is 0 Å². The van der Waals surface area contributed by atoms with E-state index >= 15 is 0 Å². The summed E-state index contributed by atoms with van der Waals surface area (Å²) in [4.78, 5) is 45.5. The van der Waals surface area contributed by atoms with Crippen LogP contribution in [-0.4, -0.2) is 44.6 Å². The maximum Gasteiger partial charge on any atom is 0.276 e. The summed E-state index contributed by atoms with van der Waals surface area (Å²) in [6, 6.07) is 18.2. The molecule has 0 atom stereocenters. The van der Waals surface area contributed by atoms with Gasteiger partial charge in [-0.25, -0.2) is 0 Å². The van der Waals surface area contributed by atoms with Crippen LogP contribution >= 0.6 is 0 Å². The maximum absolute atomic E-state index is 13.5. The van der Waals surface area contributed by atoms with Gasteiger partial charge in [0.2, 0.25) is 5.91 Å². The first-order valence-electron chi connectivity index (χ1n) is 12.4. The number of amides is 2. The van der Waals surface area contributed by atoms with Crippen molar-refractivity contribution in [1.29, 1.82) is 0 Å². The number of hydrogen-bond acceptors (Lipinski definition) is 5. The van der Waals surface area contributed by atoms with Crippen LogP contribution in [0.4, 0.5) is 5.69 Å². The van der Waals surface area contributed by atoms with E-state index in [0.29, 0.717) is 50.1 Å². The third kappa shape index (κ3) is 5.14. The van der Waals surface area contributed by atoms with Crippen LogP contribution in [0.5, 0.6) is 0 Å². The van der Waals surface area contributed by atoms with E-state index in [4.69, 9.17) is 4.98 Å². The van der Waals surface area contributed by atoms with E-state index in [1.807, 2.05) is 36.1 Å². The predicted octanol–water partition coefficient (Wildman–Crippen LogP) is 4.87. The molecule has 2 aliphatic rings. The highest BCUT2D eigenvalue weighted by Crippen LogP contribution is 2.32. The number of piperidine rings is 1. The minimum atomic E-state index is -0.454. The van der Waals surface area contributed by atoms with Crippen LogP contribution in [0.1, 0.15) is 57.2 Å². The second-order valence-corrected chi connectivity index (χ2v) is 9.56. The Bertz CT molecular complexity index is 1370. The molecule has 1 aromatic heterocycles. The fraction of sp³-hybridized carbons (Fsp3) is 0.276. The van der Waals surface area contributed by atoms with E-state index in [-0.39, 0.29) is 23.4 Å². The molecule has 2 aromatic carbocycles. The summed E-state index contributed by atoms with van der Waals surface area (Å²) in [6.07, 6.45) is 4.29. The van der Waals surface area contributed by atoms with Crippen LogP contribution < -0.4 is 0 Å². The molecule has 37 heavy (non-hydrogen) atoms. The number of hydrogen-bond donors (Lipinski definition) is 0. The molecule has 2 aliphatic heterocycles. The van der Waals surface area contributed by atoms with Gasteiger partial charge in [0.05, 0.1) is 21.7 Å². The van der Waals surface area contributed by atoms with Gasteiger partial charge < -0.3 is 9.80 Å². The molecule has 1 fully saturated rings. The molecular formula is C29H28N4O4. The molecule has 0 radical (unpaired) electrons. The summed E-state index contributed by atoms with van der Waals surface area (Å²) in [5.74, 6) is -0.114.